The Kier molecular flexibility index (Phi) is 6.77. The lowest BCUT2D eigenvalue weighted by Gasteiger charge is -2.18. The molecule has 2 heterocycles. The SMILES string of the molecule is Cc1cccc2ncc(C(CC(=O)NCCc3ccc(Cl)cc3Cl)c3cccc(F)c3)n12. The molecule has 0 aliphatic carbocycles. The molecular formula is C25H22Cl2FN3O. The Morgan fingerprint density at radius 3 is 2.72 bits per heavy atom. The Morgan fingerprint density at radius 1 is 1.12 bits per heavy atom. The maximum absolute atomic E-state index is 14.0. The van der Waals surface area contributed by atoms with E-state index in [1.807, 2.05) is 41.7 Å². The first-order valence-corrected chi connectivity index (χ1v) is 11.1. The number of benzene rings is 2. The molecule has 1 atom stereocenters. The van der Waals surface area contributed by atoms with Crippen molar-refractivity contribution in [3.05, 3.63) is 105 Å². The second kappa shape index (κ2) is 9.72. The standard InChI is InChI=1S/C25H22Cl2FN3O/c1-16-4-2-7-24-30-15-23(31(16)24)21(18-5-3-6-20(28)12-18)14-25(32)29-11-10-17-8-9-19(26)13-22(17)27/h2-9,12-13,15,21H,10-11,14H2,1H3,(H,29,32). The molecule has 1 amide bonds. The van der Waals surface area contributed by atoms with Crippen LogP contribution in [0.15, 0.2) is 66.9 Å². The summed E-state index contributed by atoms with van der Waals surface area (Å²) in [5.41, 5.74) is 4.27. The Morgan fingerprint density at radius 2 is 1.94 bits per heavy atom. The summed E-state index contributed by atoms with van der Waals surface area (Å²) < 4.78 is 16.0. The average molecular weight is 470 g/mol. The number of aromatic nitrogens is 2. The van der Waals surface area contributed by atoms with Crippen LogP contribution in [-0.4, -0.2) is 21.8 Å². The van der Waals surface area contributed by atoms with Gasteiger partial charge < -0.3 is 9.72 Å². The number of nitrogens with zero attached hydrogens (tertiary/aromatic N) is 2. The molecule has 4 aromatic rings. The molecule has 0 radical (unpaired) electrons. The predicted octanol–water partition coefficient (Wildman–Crippen LogP) is 5.97. The van der Waals surface area contributed by atoms with Crippen LogP contribution in [0.2, 0.25) is 10.0 Å². The van der Waals surface area contributed by atoms with Crippen molar-refractivity contribution in [1.82, 2.24) is 14.7 Å². The molecule has 0 aliphatic rings. The lowest BCUT2D eigenvalue weighted by atomic mass is 9.92. The molecule has 0 saturated carbocycles. The third-order valence-electron chi connectivity index (χ3n) is 5.48. The lowest BCUT2D eigenvalue weighted by Crippen LogP contribution is -2.28. The van der Waals surface area contributed by atoms with Crippen LogP contribution in [0.4, 0.5) is 4.39 Å². The van der Waals surface area contributed by atoms with E-state index < -0.39 is 0 Å². The van der Waals surface area contributed by atoms with Crippen molar-refractivity contribution >= 4 is 34.8 Å². The molecule has 0 aliphatic heterocycles. The molecular weight excluding hydrogens is 448 g/mol. The zero-order valence-electron chi connectivity index (χ0n) is 17.5. The molecule has 4 rings (SSSR count). The fourth-order valence-corrected chi connectivity index (χ4v) is 4.41. The fourth-order valence-electron chi connectivity index (χ4n) is 3.91. The highest BCUT2D eigenvalue weighted by Gasteiger charge is 2.23. The molecule has 0 fully saturated rings. The topological polar surface area (TPSA) is 46.4 Å². The maximum Gasteiger partial charge on any atom is 0.221 e. The number of carbonyl (C=O) groups is 1. The van der Waals surface area contributed by atoms with Crippen molar-refractivity contribution in [2.45, 2.75) is 25.7 Å². The first kappa shape index (κ1) is 22.3. The molecule has 32 heavy (non-hydrogen) atoms. The Labute approximate surface area is 196 Å². The molecule has 4 nitrogen and oxygen atoms in total. The van der Waals surface area contributed by atoms with Crippen molar-refractivity contribution in [3.8, 4) is 0 Å². The molecule has 2 aromatic heterocycles. The quantitative estimate of drug-likeness (QED) is 0.362. The first-order chi connectivity index (χ1) is 15.4. The highest BCUT2D eigenvalue weighted by molar-refractivity contribution is 6.35. The van der Waals surface area contributed by atoms with Gasteiger partial charge in [-0.05, 0) is 60.9 Å². The number of aryl methyl sites for hydroxylation is 1. The number of imidazole rings is 1. The number of nitrogens with one attached hydrogen (secondary N) is 1. The molecule has 0 saturated heterocycles. The summed E-state index contributed by atoms with van der Waals surface area (Å²) in [7, 11) is 0. The summed E-state index contributed by atoms with van der Waals surface area (Å²) in [5, 5.41) is 4.11. The van der Waals surface area contributed by atoms with E-state index in [0.717, 1.165) is 28.2 Å². The van der Waals surface area contributed by atoms with E-state index in [2.05, 4.69) is 10.3 Å². The summed E-state index contributed by atoms with van der Waals surface area (Å²) >= 11 is 12.2. The third kappa shape index (κ3) is 4.95. The minimum absolute atomic E-state index is 0.132. The smallest absolute Gasteiger partial charge is 0.221 e. The van der Waals surface area contributed by atoms with Crippen LogP contribution in [-0.2, 0) is 11.2 Å². The van der Waals surface area contributed by atoms with Gasteiger partial charge in [0, 0.05) is 40.8 Å². The van der Waals surface area contributed by atoms with Crippen molar-refractivity contribution < 1.29 is 9.18 Å². The third-order valence-corrected chi connectivity index (χ3v) is 6.07. The van der Waals surface area contributed by atoms with Crippen LogP contribution >= 0.6 is 23.2 Å². The summed E-state index contributed by atoms with van der Waals surface area (Å²) in [4.78, 5) is 17.4. The number of amides is 1. The van der Waals surface area contributed by atoms with Gasteiger partial charge in [0.1, 0.15) is 11.5 Å². The molecule has 1 unspecified atom stereocenters. The second-order valence-corrected chi connectivity index (χ2v) is 8.53. The van der Waals surface area contributed by atoms with Crippen LogP contribution < -0.4 is 5.32 Å². The predicted molar refractivity (Wildman–Crippen MR) is 126 cm³/mol. The Hall–Kier alpha value is -2.89. The van der Waals surface area contributed by atoms with Crippen LogP contribution in [0.25, 0.3) is 5.65 Å². The van der Waals surface area contributed by atoms with E-state index in [0.29, 0.717) is 23.0 Å². The van der Waals surface area contributed by atoms with Gasteiger partial charge in [-0.1, -0.05) is 47.5 Å². The van der Waals surface area contributed by atoms with Gasteiger partial charge in [-0.2, -0.15) is 0 Å². The number of fused-ring (bicyclic) bond motifs is 1. The van der Waals surface area contributed by atoms with Gasteiger partial charge in [0.2, 0.25) is 5.91 Å². The van der Waals surface area contributed by atoms with Crippen molar-refractivity contribution in [3.63, 3.8) is 0 Å². The second-order valence-electron chi connectivity index (χ2n) is 7.69. The molecule has 0 spiro atoms. The summed E-state index contributed by atoms with van der Waals surface area (Å²) in [5.74, 6) is -0.815. The number of carbonyl (C=O) groups excluding carboxylic acids is 1. The van der Waals surface area contributed by atoms with Gasteiger partial charge in [-0.3, -0.25) is 4.79 Å². The molecule has 0 bridgehead atoms. The van der Waals surface area contributed by atoms with Crippen molar-refractivity contribution in [2.24, 2.45) is 0 Å². The molecule has 164 valence electrons. The largest absolute Gasteiger partial charge is 0.356 e. The zero-order valence-corrected chi connectivity index (χ0v) is 19.0. The first-order valence-electron chi connectivity index (χ1n) is 10.3. The minimum atomic E-state index is -0.346. The van der Waals surface area contributed by atoms with Crippen molar-refractivity contribution in [1.29, 1.82) is 0 Å². The molecule has 2 aromatic carbocycles. The summed E-state index contributed by atoms with van der Waals surface area (Å²) in [6.07, 6.45) is 2.51. The van der Waals surface area contributed by atoms with E-state index in [9.17, 15) is 9.18 Å². The van der Waals surface area contributed by atoms with Gasteiger partial charge in [-0.15, -0.1) is 0 Å². The van der Waals surface area contributed by atoms with E-state index in [-0.39, 0.29) is 24.1 Å². The van der Waals surface area contributed by atoms with E-state index in [1.54, 1.807) is 24.4 Å². The molecule has 1 N–H and O–H groups in total. The van der Waals surface area contributed by atoms with Gasteiger partial charge in [-0.25, -0.2) is 9.37 Å². The Balaban J connectivity index is 1.55. The van der Waals surface area contributed by atoms with Crippen LogP contribution in [0, 0.1) is 12.7 Å². The van der Waals surface area contributed by atoms with E-state index >= 15 is 0 Å². The van der Waals surface area contributed by atoms with Crippen LogP contribution in [0.1, 0.15) is 34.9 Å². The Bertz CT molecular complexity index is 1270. The summed E-state index contributed by atoms with van der Waals surface area (Å²) in [6.45, 7) is 2.42. The number of hydrogen-bond acceptors (Lipinski definition) is 2. The van der Waals surface area contributed by atoms with Gasteiger partial charge in [0.05, 0.1) is 5.69 Å². The number of hydrogen-bond donors (Lipinski definition) is 1. The highest BCUT2D eigenvalue weighted by Crippen LogP contribution is 2.30. The maximum atomic E-state index is 14.0. The molecule has 7 heteroatoms. The van der Waals surface area contributed by atoms with Crippen molar-refractivity contribution in [2.75, 3.05) is 6.54 Å². The minimum Gasteiger partial charge on any atom is -0.356 e. The van der Waals surface area contributed by atoms with Crippen LogP contribution in [0.3, 0.4) is 0 Å². The normalized spacial score (nSPS) is 12.1. The van der Waals surface area contributed by atoms with E-state index in [4.69, 9.17) is 23.2 Å². The zero-order chi connectivity index (χ0) is 22.7. The summed E-state index contributed by atoms with van der Waals surface area (Å²) in [6, 6.07) is 17.5. The fraction of sp³-hybridized carbons (Fsp3) is 0.200. The lowest BCUT2D eigenvalue weighted by molar-refractivity contribution is -0.121. The van der Waals surface area contributed by atoms with Gasteiger partial charge >= 0.3 is 0 Å². The van der Waals surface area contributed by atoms with Crippen LogP contribution in [0.5, 0.6) is 0 Å². The van der Waals surface area contributed by atoms with Gasteiger partial charge in [0.25, 0.3) is 0 Å². The van der Waals surface area contributed by atoms with Gasteiger partial charge in [0.15, 0.2) is 0 Å². The highest BCUT2D eigenvalue weighted by atomic mass is 35.5. The number of halogens is 3. The average Bonchev–Trinajstić information content (AvgIpc) is 3.19. The number of rotatable bonds is 7. The van der Waals surface area contributed by atoms with E-state index in [1.165, 1.54) is 12.1 Å². The number of pyridine rings is 1. The monoisotopic (exact) mass is 469 g/mol.